The van der Waals surface area contributed by atoms with Crippen LogP contribution in [0.3, 0.4) is 0 Å². The quantitative estimate of drug-likeness (QED) is 0.111. The van der Waals surface area contributed by atoms with E-state index in [0.29, 0.717) is 6.42 Å². The molecule has 1 amide bonds. The zero-order valence-corrected chi connectivity index (χ0v) is 23.6. The van der Waals surface area contributed by atoms with E-state index in [2.05, 4.69) is 41.1 Å². The minimum atomic E-state index is -4.94. The Morgan fingerprint density at radius 2 is 1.45 bits per heavy atom. The molecular formula is C20H36NNa2O5P. The predicted molar refractivity (Wildman–Crippen MR) is 106 cm³/mol. The van der Waals surface area contributed by atoms with Crippen LogP contribution in [0.25, 0.3) is 0 Å². The van der Waals surface area contributed by atoms with Gasteiger partial charge in [-0.3, -0.25) is 4.79 Å². The third-order valence-corrected chi connectivity index (χ3v) is 4.53. The van der Waals surface area contributed by atoms with Crippen LogP contribution in [0.2, 0.25) is 0 Å². The average Bonchev–Trinajstić information content (AvgIpc) is 2.61. The molecule has 0 unspecified atom stereocenters. The Morgan fingerprint density at radius 3 is 2.03 bits per heavy atom. The smallest absolute Gasteiger partial charge is 0.790 e. The molecule has 0 atom stereocenters. The van der Waals surface area contributed by atoms with Crippen LogP contribution >= 0.6 is 7.82 Å². The fourth-order valence-corrected chi connectivity index (χ4v) is 2.85. The van der Waals surface area contributed by atoms with Gasteiger partial charge in [0.1, 0.15) is 0 Å². The fraction of sp³-hybridized carbons (Fsp3) is 0.750. The average molecular weight is 447 g/mol. The molecule has 0 heterocycles. The Morgan fingerprint density at radius 1 is 0.897 bits per heavy atom. The van der Waals surface area contributed by atoms with Crippen LogP contribution in [-0.4, -0.2) is 19.1 Å². The molecule has 0 rings (SSSR count). The molecule has 0 aromatic heterocycles. The molecule has 158 valence electrons. The number of allylic oxidation sites excluding steroid dienone is 4. The number of phosphoric ester groups is 1. The molecule has 0 aliphatic carbocycles. The Balaban J connectivity index is -0.00000338. The van der Waals surface area contributed by atoms with Gasteiger partial charge >= 0.3 is 59.1 Å². The fourth-order valence-electron chi connectivity index (χ4n) is 2.53. The number of carbonyl (C=O) groups is 1. The summed E-state index contributed by atoms with van der Waals surface area (Å²) >= 11 is 0. The third-order valence-electron chi connectivity index (χ3n) is 4.03. The van der Waals surface area contributed by atoms with Gasteiger partial charge in [0.15, 0.2) is 0 Å². The largest absolute Gasteiger partial charge is 1.00 e. The minimum Gasteiger partial charge on any atom is -0.790 e. The summed E-state index contributed by atoms with van der Waals surface area (Å²) in [6.07, 6.45) is 21.8. The molecule has 0 spiro atoms. The third kappa shape index (κ3) is 31.3. The van der Waals surface area contributed by atoms with Crippen molar-refractivity contribution in [3.05, 3.63) is 24.3 Å². The minimum absolute atomic E-state index is 0. The van der Waals surface area contributed by atoms with Gasteiger partial charge in [-0.25, -0.2) is 0 Å². The van der Waals surface area contributed by atoms with E-state index in [-0.39, 0.29) is 78.2 Å². The monoisotopic (exact) mass is 447 g/mol. The van der Waals surface area contributed by atoms with Gasteiger partial charge in [0, 0.05) is 13.0 Å². The topological polar surface area (TPSA) is 102 Å². The molecule has 0 fully saturated rings. The number of hydrogen-bond acceptors (Lipinski definition) is 5. The number of amides is 1. The summed E-state index contributed by atoms with van der Waals surface area (Å²) in [7, 11) is -4.94. The van der Waals surface area contributed by atoms with Crippen LogP contribution in [-0.2, 0) is 13.9 Å². The van der Waals surface area contributed by atoms with Crippen LogP contribution in [0.5, 0.6) is 0 Å². The van der Waals surface area contributed by atoms with Crippen molar-refractivity contribution in [2.75, 3.05) is 13.2 Å². The molecule has 0 radical (unpaired) electrons. The van der Waals surface area contributed by atoms with E-state index in [9.17, 15) is 19.1 Å². The second kappa shape index (κ2) is 25.3. The van der Waals surface area contributed by atoms with Crippen molar-refractivity contribution in [3.8, 4) is 0 Å². The van der Waals surface area contributed by atoms with E-state index < -0.39 is 7.82 Å². The number of unbranched alkanes of at least 4 members (excludes halogenated alkanes) is 8. The maximum absolute atomic E-state index is 11.5. The number of nitrogens with one attached hydrogen (secondary N) is 1. The van der Waals surface area contributed by atoms with Gasteiger partial charge in [-0.15, -0.1) is 0 Å². The van der Waals surface area contributed by atoms with Gasteiger partial charge in [-0.2, -0.15) is 0 Å². The normalized spacial score (nSPS) is 11.4. The molecule has 0 bridgehead atoms. The Labute approximate surface area is 221 Å². The molecule has 29 heavy (non-hydrogen) atoms. The summed E-state index contributed by atoms with van der Waals surface area (Å²) < 4.78 is 14.3. The van der Waals surface area contributed by atoms with Gasteiger partial charge in [-0.1, -0.05) is 63.3 Å². The maximum atomic E-state index is 11.5. The Hall–Kier alpha value is 1.06. The predicted octanol–water partition coefficient (Wildman–Crippen LogP) is -2.23. The van der Waals surface area contributed by atoms with E-state index in [0.717, 1.165) is 38.5 Å². The van der Waals surface area contributed by atoms with Crippen LogP contribution in [0, 0.1) is 0 Å². The zero-order valence-electron chi connectivity index (χ0n) is 18.7. The van der Waals surface area contributed by atoms with E-state index in [1.807, 2.05) is 0 Å². The van der Waals surface area contributed by atoms with Crippen LogP contribution in [0.1, 0.15) is 84.0 Å². The maximum Gasteiger partial charge on any atom is 1.00 e. The summed E-state index contributed by atoms with van der Waals surface area (Å²) in [6, 6.07) is 0. The first-order valence-electron chi connectivity index (χ1n) is 10.2. The number of hydrogen-bond donors (Lipinski definition) is 1. The number of phosphoric acid groups is 1. The molecule has 6 nitrogen and oxygen atoms in total. The summed E-state index contributed by atoms with van der Waals surface area (Å²) in [6.45, 7) is 1.95. The molecule has 9 heteroatoms. The first kappa shape index (κ1) is 34.7. The van der Waals surface area contributed by atoms with Gasteiger partial charge in [-0.05, 0) is 38.5 Å². The van der Waals surface area contributed by atoms with Crippen LogP contribution < -0.4 is 74.2 Å². The molecule has 1 N–H and O–H groups in total. The first-order chi connectivity index (χ1) is 13.0. The molecule has 0 saturated carbocycles. The summed E-state index contributed by atoms with van der Waals surface area (Å²) in [5.74, 6) is -0.143. The first-order valence-corrected chi connectivity index (χ1v) is 11.6. The van der Waals surface area contributed by atoms with Crippen molar-refractivity contribution in [1.82, 2.24) is 5.32 Å². The van der Waals surface area contributed by atoms with E-state index in [4.69, 9.17) is 0 Å². The molecule has 0 aromatic carbocycles. The van der Waals surface area contributed by atoms with Crippen molar-refractivity contribution >= 4 is 13.7 Å². The Bertz CT molecular complexity index is 470. The van der Waals surface area contributed by atoms with Gasteiger partial charge in [0.2, 0.25) is 5.91 Å². The van der Waals surface area contributed by atoms with Crippen molar-refractivity contribution < 1.29 is 82.8 Å². The standard InChI is InChI=1S/C20H38NO5P.2Na/c1-2-3-4-5-6-7-8-9-10-11-12-13-14-15-16-17-20(22)21-18-19-26-27(23,24)25;;/h6-7,9-10H,2-5,8,11-19H2,1H3,(H,21,22)(H2,23,24,25);;/q;2*+1/p-2/b7-6-,10-9-;;. The number of rotatable bonds is 18. The Kier molecular flexibility index (Phi) is 30.3. The van der Waals surface area contributed by atoms with Crippen molar-refractivity contribution in [2.45, 2.75) is 84.0 Å². The van der Waals surface area contributed by atoms with Gasteiger partial charge in [0.25, 0.3) is 0 Å². The molecule has 0 aromatic rings. The van der Waals surface area contributed by atoms with Crippen LogP contribution in [0.4, 0.5) is 0 Å². The zero-order chi connectivity index (χ0) is 20.2. The van der Waals surface area contributed by atoms with Crippen molar-refractivity contribution in [3.63, 3.8) is 0 Å². The summed E-state index contributed by atoms with van der Waals surface area (Å²) in [5.41, 5.74) is 0. The molecular weight excluding hydrogens is 411 g/mol. The number of carbonyl (C=O) groups excluding carboxylic acids is 1. The second-order valence-electron chi connectivity index (χ2n) is 6.61. The van der Waals surface area contributed by atoms with Crippen LogP contribution in [0.15, 0.2) is 24.3 Å². The summed E-state index contributed by atoms with van der Waals surface area (Å²) in [5, 5.41) is 2.53. The van der Waals surface area contributed by atoms with Crippen molar-refractivity contribution in [1.29, 1.82) is 0 Å². The van der Waals surface area contributed by atoms with E-state index in [1.54, 1.807) is 0 Å². The van der Waals surface area contributed by atoms with Gasteiger partial charge in [0.05, 0.1) is 14.4 Å². The molecule has 0 saturated heterocycles. The SMILES string of the molecule is CCCCC/C=C\C/C=C\CCCCCCCC(=O)NCCOP(=O)([O-])[O-].[Na+].[Na+]. The molecule has 0 aliphatic heterocycles. The van der Waals surface area contributed by atoms with E-state index >= 15 is 0 Å². The van der Waals surface area contributed by atoms with Gasteiger partial charge < -0.3 is 24.2 Å². The second-order valence-corrected chi connectivity index (χ2v) is 7.76. The van der Waals surface area contributed by atoms with E-state index in [1.165, 1.54) is 32.1 Å². The summed E-state index contributed by atoms with van der Waals surface area (Å²) in [4.78, 5) is 32.0. The molecule has 0 aliphatic rings. The van der Waals surface area contributed by atoms with Crippen molar-refractivity contribution in [2.24, 2.45) is 0 Å².